The van der Waals surface area contributed by atoms with Crippen LogP contribution in [0.3, 0.4) is 0 Å². The fraction of sp³-hybridized carbons (Fsp3) is 0.357. The van der Waals surface area contributed by atoms with Crippen molar-refractivity contribution in [3.05, 3.63) is 46.0 Å². The number of aryl methyl sites for hydroxylation is 2. The van der Waals surface area contributed by atoms with Gasteiger partial charge in [0.25, 0.3) is 0 Å². The standard InChI is InChI=1S/C14H17ClN4O/c1-3-19-12(14(15)9(2)18-19)7-13(20)10-4-5-17-11(6-10)8-16/h4-6H,3,7-8,16H2,1-2H3. The minimum absolute atomic E-state index is 0.0152. The van der Waals surface area contributed by atoms with Crippen molar-refractivity contribution >= 4 is 17.4 Å². The van der Waals surface area contributed by atoms with E-state index in [4.69, 9.17) is 17.3 Å². The van der Waals surface area contributed by atoms with E-state index in [-0.39, 0.29) is 12.2 Å². The highest BCUT2D eigenvalue weighted by Gasteiger charge is 2.17. The van der Waals surface area contributed by atoms with Crippen molar-refractivity contribution in [1.29, 1.82) is 0 Å². The highest BCUT2D eigenvalue weighted by Crippen LogP contribution is 2.22. The molecule has 0 aliphatic heterocycles. The lowest BCUT2D eigenvalue weighted by Crippen LogP contribution is -2.11. The van der Waals surface area contributed by atoms with Crippen LogP contribution >= 0.6 is 11.6 Å². The fourth-order valence-corrected chi connectivity index (χ4v) is 2.26. The molecular formula is C14H17ClN4O. The molecular weight excluding hydrogens is 276 g/mol. The van der Waals surface area contributed by atoms with Crippen molar-refractivity contribution in [2.75, 3.05) is 0 Å². The summed E-state index contributed by atoms with van der Waals surface area (Å²) in [5, 5.41) is 4.87. The Morgan fingerprint density at radius 1 is 1.50 bits per heavy atom. The van der Waals surface area contributed by atoms with E-state index in [1.165, 1.54) is 0 Å². The van der Waals surface area contributed by atoms with Crippen LogP contribution in [0, 0.1) is 6.92 Å². The highest BCUT2D eigenvalue weighted by molar-refractivity contribution is 6.32. The molecule has 0 aliphatic carbocycles. The lowest BCUT2D eigenvalue weighted by Gasteiger charge is -2.06. The zero-order valence-corrected chi connectivity index (χ0v) is 12.3. The van der Waals surface area contributed by atoms with Gasteiger partial charge < -0.3 is 5.73 Å². The molecule has 0 atom stereocenters. The van der Waals surface area contributed by atoms with Crippen LogP contribution in [0.1, 0.15) is 34.4 Å². The number of hydrogen-bond acceptors (Lipinski definition) is 4. The van der Waals surface area contributed by atoms with Crippen molar-refractivity contribution in [3.8, 4) is 0 Å². The molecule has 0 fully saturated rings. The van der Waals surface area contributed by atoms with Gasteiger partial charge in [0.05, 0.1) is 28.5 Å². The van der Waals surface area contributed by atoms with Gasteiger partial charge in [-0.15, -0.1) is 0 Å². The molecule has 0 saturated heterocycles. The second-order valence-corrected chi connectivity index (χ2v) is 4.88. The molecule has 2 heterocycles. The van der Waals surface area contributed by atoms with Crippen LogP contribution in [0.25, 0.3) is 0 Å². The maximum absolute atomic E-state index is 12.3. The minimum atomic E-state index is -0.0152. The Morgan fingerprint density at radius 2 is 2.25 bits per heavy atom. The zero-order valence-electron chi connectivity index (χ0n) is 11.6. The maximum Gasteiger partial charge on any atom is 0.168 e. The van der Waals surface area contributed by atoms with Crippen LogP contribution in [-0.2, 0) is 19.5 Å². The van der Waals surface area contributed by atoms with Crippen molar-refractivity contribution < 1.29 is 4.79 Å². The summed E-state index contributed by atoms with van der Waals surface area (Å²) in [6, 6.07) is 3.41. The summed E-state index contributed by atoms with van der Waals surface area (Å²) in [6.07, 6.45) is 1.82. The van der Waals surface area contributed by atoms with Gasteiger partial charge in [-0.3, -0.25) is 14.5 Å². The Bertz CT molecular complexity index is 636. The topological polar surface area (TPSA) is 73.8 Å². The van der Waals surface area contributed by atoms with Crippen molar-refractivity contribution in [3.63, 3.8) is 0 Å². The Labute approximate surface area is 122 Å². The molecule has 0 bridgehead atoms. The van der Waals surface area contributed by atoms with E-state index in [0.717, 1.165) is 11.4 Å². The van der Waals surface area contributed by atoms with Gasteiger partial charge in [0.1, 0.15) is 0 Å². The van der Waals surface area contributed by atoms with Crippen LogP contribution < -0.4 is 5.73 Å². The smallest absolute Gasteiger partial charge is 0.168 e. The summed E-state index contributed by atoms with van der Waals surface area (Å²) >= 11 is 6.21. The second kappa shape index (κ2) is 6.15. The van der Waals surface area contributed by atoms with Gasteiger partial charge in [-0.25, -0.2) is 0 Å². The number of rotatable bonds is 5. The normalized spacial score (nSPS) is 10.8. The molecule has 6 heteroatoms. The van der Waals surface area contributed by atoms with E-state index in [1.54, 1.807) is 23.0 Å². The molecule has 2 aromatic heterocycles. The van der Waals surface area contributed by atoms with Gasteiger partial charge in [-0.2, -0.15) is 5.10 Å². The van der Waals surface area contributed by atoms with Crippen LogP contribution in [0.4, 0.5) is 0 Å². The van der Waals surface area contributed by atoms with Gasteiger partial charge in [-0.05, 0) is 26.0 Å². The molecule has 0 amide bonds. The molecule has 0 saturated carbocycles. The number of hydrogen-bond donors (Lipinski definition) is 1. The molecule has 5 nitrogen and oxygen atoms in total. The number of Topliss-reactive ketones (excluding diaryl/α,β-unsaturated/α-hetero) is 1. The van der Waals surface area contributed by atoms with E-state index in [9.17, 15) is 4.79 Å². The zero-order chi connectivity index (χ0) is 14.7. The summed E-state index contributed by atoms with van der Waals surface area (Å²) in [5.41, 5.74) is 8.32. The third kappa shape index (κ3) is 2.89. The molecule has 0 spiro atoms. The van der Waals surface area contributed by atoms with Crippen LogP contribution in [-0.4, -0.2) is 20.5 Å². The van der Waals surface area contributed by atoms with Gasteiger partial charge >= 0.3 is 0 Å². The Hall–Kier alpha value is -1.72. The molecule has 0 aromatic carbocycles. The average molecular weight is 293 g/mol. The number of nitrogens with two attached hydrogens (primary N) is 1. The van der Waals surface area contributed by atoms with E-state index in [0.29, 0.717) is 29.4 Å². The molecule has 2 N–H and O–H groups in total. The van der Waals surface area contributed by atoms with Gasteiger partial charge in [-0.1, -0.05) is 11.6 Å². The number of carbonyl (C=O) groups is 1. The van der Waals surface area contributed by atoms with E-state index >= 15 is 0 Å². The average Bonchev–Trinajstić information content (AvgIpc) is 2.75. The lowest BCUT2D eigenvalue weighted by atomic mass is 10.1. The van der Waals surface area contributed by atoms with E-state index in [2.05, 4.69) is 10.1 Å². The molecule has 0 aliphatic rings. The Kier molecular flexibility index (Phi) is 4.52. The lowest BCUT2D eigenvalue weighted by molar-refractivity contribution is 0.0990. The Morgan fingerprint density at radius 3 is 2.90 bits per heavy atom. The van der Waals surface area contributed by atoms with Crippen molar-refractivity contribution in [2.45, 2.75) is 33.4 Å². The first kappa shape index (κ1) is 14.7. The molecule has 2 aromatic rings. The summed E-state index contributed by atoms with van der Waals surface area (Å²) in [6.45, 7) is 4.80. The monoisotopic (exact) mass is 292 g/mol. The number of nitrogens with zero attached hydrogens (tertiary/aromatic N) is 3. The number of carbonyl (C=O) groups excluding carboxylic acids is 1. The first-order valence-corrected chi connectivity index (χ1v) is 6.84. The third-order valence-electron chi connectivity index (χ3n) is 3.13. The second-order valence-electron chi connectivity index (χ2n) is 4.50. The highest BCUT2D eigenvalue weighted by atomic mass is 35.5. The number of pyridine rings is 1. The first-order chi connectivity index (χ1) is 9.56. The number of aromatic nitrogens is 3. The Balaban J connectivity index is 2.27. The largest absolute Gasteiger partial charge is 0.325 e. The SMILES string of the molecule is CCn1nc(C)c(Cl)c1CC(=O)c1ccnc(CN)c1. The molecule has 106 valence electrons. The molecule has 20 heavy (non-hydrogen) atoms. The predicted molar refractivity (Wildman–Crippen MR) is 77.8 cm³/mol. The van der Waals surface area contributed by atoms with E-state index in [1.807, 2.05) is 13.8 Å². The van der Waals surface area contributed by atoms with Crippen molar-refractivity contribution in [2.24, 2.45) is 5.73 Å². The van der Waals surface area contributed by atoms with E-state index < -0.39 is 0 Å². The number of ketones is 1. The molecule has 0 unspecified atom stereocenters. The maximum atomic E-state index is 12.3. The molecule has 2 rings (SSSR count). The summed E-state index contributed by atoms with van der Waals surface area (Å²) in [7, 11) is 0. The van der Waals surface area contributed by atoms with Gasteiger partial charge in [0, 0.05) is 24.8 Å². The predicted octanol–water partition coefficient (Wildman–Crippen LogP) is 2.14. The first-order valence-electron chi connectivity index (χ1n) is 6.46. The molecule has 0 radical (unpaired) electrons. The quantitative estimate of drug-likeness (QED) is 0.857. The summed E-state index contributed by atoms with van der Waals surface area (Å²) in [4.78, 5) is 16.4. The van der Waals surface area contributed by atoms with Crippen molar-refractivity contribution in [1.82, 2.24) is 14.8 Å². The third-order valence-corrected chi connectivity index (χ3v) is 3.62. The van der Waals surface area contributed by atoms with Crippen LogP contribution in [0.15, 0.2) is 18.3 Å². The van der Waals surface area contributed by atoms with Crippen LogP contribution in [0.5, 0.6) is 0 Å². The van der Waals surface area contributed by atoms with Gasteiger partial charge in [0.2, 0.25) is 0 Å². The fourth-order valence-electron chi connectivity index (χ4n) is 2.06. The van der Waals surface area contributed by atoms with Gasteiger partial charge in [0.15, 0.2) is 5.78 Å². The summed E-state index contributed by atoms with van der Waals surface area (Å²) in [5.74, 6) is -0.0152. The summed E-state index contributed by atoms with van der Waals surface area (Å²) < 4.78 is 1.76. The van der Waals surface area contributed by atoms with Crippen LogP contribution in [0.2, 0.25) is 5.02 Å². The minimum Gasteiger partial charge on any atom is -0.325 e. The number of halogens is 1.